The molecule has 1 aliphatic rings. The molecule has 41 heavy (non-hydrogen) atoms. The third-order valence-electron chi connectivity index (χ3n) is 7.31. The number of benzene rings is 2. The number of thioether (sulfide) groups is 1. The SMILES string of the molecule is CCCCCCCCCCCCOc1cc(OCC(=O)Nc2cccc(CN3C=C(C)SC3)c2)ccc1C(C)(C)C. The molecule has 1 aliphatic heterocycles. The molecule has 0 aromatic heterocycles. The molecule has 2 aromatic rings. The van der Waals surface area contributed by atoms with Crippen molar-refractivity contribution in [2.45, 2.75) is 111 Å². The number of anilines is 1. The van der Waals surface area contributed by atoms with Crippen LogP contribution in [-0.2, 0) is 16.8 Å². The second-order valence-corrected chi connectivity index (χ2v) is 13.4. The maximum absolute atomic E-state index is 12.7. The van der Waals surface area contributed by atoms with Gasteiger partial charge in [0.15, 0.2) is 6.61 Å². The predicted octanol–water partition coefficient (Wildman–Crippen LogP) is 9.67. The second kappa shape index (κ2) is 17.4. The lowest BCUT2D eigenvalue weighted by Crippen LogP contribution is -2.20. The van der Waals surface area contributed by atoms with Crippen LogP contribution in [0.25, 0.3) is 0 Å². The van der Waals surface area contributed by atoms with Gasteiger partial charge in [-0.25, -0.2) is 0 Å². The number of nitrogens with zero attached hydrogens (tertiary/aromatic N) is 1. The zero-order valence-electron chi connectivity index (χ0n) is 26.1. The van der Waals surface area contributed by atoms with Crippen molar-refractivity contribution in [2.24, 2.45) is 0 Å². The average Bonchev–Trinajstić information content (AvgIpc) is 3.34. The summed E-state index contributed by atoms with van der Waals surface area (Å²) in [5.74, 6) is 2.29. The summed E-state index contributed by atoms with van der Waals surface area (Å²) < 4.78 is 12.2. The molecule has 0 saturated heterocycles. The molecule has 1 amide bonds. The third kappa shape index (κ3) is 12.4. The van der Waals surface area contributed by atoms with Gasteiger partial charge >= 0.3 is 0 Å². The first-order valence-electron chi connectivity index (χ1n) is 15.6. The summed E-state index contributed by atoms with van der Waals surface area (Å²) in [6.07, 6.45) is 15.2. The van der Waals surface area contributed by atoms with Crippen molar-refractivity contribution in [1.29, 1.82) is 0 Å². The minimum absolute atomic E-state index is 0.0454. The predicted molar refractivity (Wildman–Crippen MR) is 175 cm³/mol. The summed E-state index contributed by atoms with van der Waals surface area (Å²) >= 11 is 1.85. The molecule has 1 N–H and O–H groups in total. The van der Waals surface area contributed by atoms with E-state index in [1.807, 2.05) is 42.1 Å². The number of hydrogen-bond donors (Lipinski definition) is 1. The van der Waals surface area contributed by atoms with Crippen LogP contribution in [0.4, 0.5) is 5.69 Å². The van der Waals surface area contributed by atoms with Crippen molar-refractivity contribution in [3.8, 4) is 11.5 Å². The molecule has 0 saturated carbocycles. The van der Waals surface area contributed by atoms with Crippen molar-refractivity contribution in [3.63, 3.8) is 0 Å². The Balaban J connectivity index is 1.44. The molecule has 0 atom stereocenters. The Morgan fingerprint density at radius 1 is 0.927 bits per heavy atom. The molecule has 0 bridgehead atoms. The van der Waals surface area contributed by atoms with Crippen LogP contribution in [0.1, 0.15) is 110 Å². The van der Waals surface area contributed by atoms with Crippen LogP contribution < -0.4 is 14.8 Å². The summed E-state index contributed by atoms with van der Waals surface area (Å²) in [6, 6.07) is 14.0. The van der Waals surface area contributed by atoms with Crippen molar-refractivity contribution in [2.75, 3.05) is 24.4 Å². The van der Waals surface area contributed by atoms with E-state index < -0.39 is 0 Å². The lowest BCUT2D eigenvalue weighted by Gasteiger charge is -2.23. The molecule has 0 spiro atoms. The molecule has 0 radical (unpaired) electrons. The first kappa shape index (κ1) is 32.9. The van der Waals surface area contributed by atoms with Crippen LogP contribution in [0.3, 0.4) is 0 Å². The minimum Gasteiger partial charge on any atom is -0.493 e. The summed E-state index contributed by atoms with van der Waals surface area (Å²) in [7, 11) is 0. The highest BCUT2D eigenvalue weighted by atomic mass is 32.2. The van der Waals surface area contributed by atoms with Crippen LogP contribution in [0.2, 0.25) is 0 Å². The molecule has 3 rings (SSSR count). The van der Waals surface area contributed by atoms with Crippen LogP contribution in [0.15, 0.2) is 53.6 Å². The van der Waals surface area contributed by atoms with Crippen LogP contribution in [-0.4, -0.2) is 29.9 Å². The Hall–Kier alpha value is -2.60. The molecule has 6 heteroatoms. The van der Waals surface area contributed by atoms with Crippen LogP contribution in [0, 0.1) is 0 Å². The molecule has 0 fully saturated rings. The van der Waals surface area contributed by atoms with E-state index in [2.05, 4.69) is 63.2 Å². The van der Waals surface area contributed by atoms with Crippen molar-refractivity contribution in [1.82, 2.24) is 4.90 Å². The van der Waals surface area contributed by atoms with Gasteiger partial charge in [0.1, 0.15) is 11.5 Å². The Morgan fingerprint density at radius 2 is 1.63 bits per heavy atom. The largest absolute Gasteiger partial charge is 0.493 e. The number of carbonyl (C=O) groups excluding carboxylic acids is 1. The number of nitrogens with one attached hydrogen (secondary N) is 1. The summed E-state index contributed by atoms with van der Waals surface area (Å²) in [5.41, 5.74) is 3.06. The lowest BCUT2D eigenvalue weighted by atomic mass is 9.86. The normalized spacial score (nSPS) is 13.3. The molecule has 5 nitrogen and oxygen atoms in total. The van der Waals surface area contributed by atoms with E-state index in [0.717, 1.165) is 41.4 Å². The Labute approximate surface area is 253 Å². The molecule has 226 valence electrons. The maximum atomic E-state index is 12.7. The number of allylic oxidation sites excluding steroid dienone is 1. The van der Waals surface area contributed by atoms with Gasteiger partial charge in [0, 0.05) is 24.5 Å². The van der Waals surface area contributed by atoms with E-state index in [1.165, 1.54) is 62.7 Å². The van der Waals surface area contributed by atoms with E-state index >= 15 is 0 Å². The maximum Gasteiger partial charge on any atom is 0.262 e. The number of carbonyl (C=O) groups is 1. The fourth-order valence-corrected chi connectivity index (χ4v) is 5.80. The highest BCUT2D eigenvalue weighted by molar-refractivity contribution is 8.03. The molecular formula is C35H52N2O3S. The summed E-state index contributed by atoms with van der Waals surface area (Å²) in [5, 5.41) is 2.98. The highest BCUT2D eigenvalue weighted by Gasteiger charge is 2.20. The fraction of sp³-hybridized carbons (Fsp3) is 0.571. The fourth-order valence-electron chi connectivity index (χ4n) is 5.04. The Kier molecular flexibility index (Phi) is 13.9. The van der Waals surface area contributed by atoms with Gasteiger partial charge in [0.05, 0.1) is 12.5 Å². The smallest absolute Gasteiger partial charge is 0.262 e. The number of hydrogen-bond acceptors (Lipinski definition) is 5. The summed E-state index contributed by atoms with van der Waals surface area (Å²) in [6.45, 7) is 12.4. The van der Waals surface area contributed by atoms with Crippen molar-refractivity contribution in [3.05, 3.63) is 64.7 Å². The minimum atomic E-state index is -0.178. The van der Waals surface area contributed by atoms with Gasteiger partial charge < -0.3 is 19.7 Å². The highest BCUT2D eigenvalue weighted by Crippen LogP contribution is 2.34. The number of rotatable bonds is 18. The van der Waals surface area contributed by atoms with Crippen molar-refractivity contribution >= 4 is 23.4 Å². The zero-order chi connectivity index (χ0) is 29.5. The van der Waals surface area contributed by atoms with Gasteiger partial charge in [-0.2, -0.15) is 0 Å². The van der Waals surface area contributed by atoms with Crippen LogP contribution >= 0.6 is 11.8 Å². The molecule has 0 unspecified atom stereocenters. The Bertz CT molecular complexity index is 1110. The lowest BCUT2D eigenvalue weighted by molar-refractivity contribution is -0.118. The number of ether oxygens (including phenoxy) is 2. The molecular weight excluding hydrogens is 528 g/mol. The van der Waals surface area contributed by atoms with Gasteiger partial charge in [-0.3, -0.25) is 4.79 Å². The van der Waals surface area contributed by atoms with Crippen LogP contribution in [0.5, 0.6) is 11.5 Å². The first-order valence-corrected chi connectivity index (χ1v) is 16.6. The first-order chi connectivity index (χ1) is 19.7. The molecule has 1 heterocycles. The van der Waals surface area contributed by atoms with Gasteiger partial charge in [-0.05, 0) is 53.0 Å². The zero-order valence-corrected chi connectivity index (χ0v) is 26.9. The van der Waals surface area contributed by atoms with Gasteiger partial charge in [0.25, 0.3) is 5.91 Å². The van der Waals surface area contributed by atoms with Gasteiger partial charge in [0.2, 0.25) is 0 Å². The van der Waals surface area contributed by atoms with E-state index in [-0.39, 0.29) is 17.9 Å². The molecule has 0 aliphatic carbocycles. The quantitative estimate of drug-likeness (QED) is 0.178. The average molecular weight is 581 g/mol. The monoisotopic (exact) mass is 580 g/mol. The molecule has 2 aromatic carbocycles. The van der Waals surface area contributed by atoms with E-state index in [0.29, 0.717) is 12.4 Å². The van der Waals surface area contributed by atoms with E-state index in [4.69, 9.17) is 9.47 Å². The van der Waals surface area contributed by atoms with E-state index in [1.54, 1.807) is 0 Å². The standard InChI is InChI=1S/C35H52N2O3S/c1-6-7-8-9-10-11-12-13-14-15-21-39-33-23-31(19-20-32(33)35(3,4)5)40-26-34(38)36-30-18-16-17-29(22-30)25-37-24-28(2)41-27-37/h16-20,22-24H,6-15,21,25-27H2,1-5H3,(H,36,38). The van der Waals surface area contributed by atoms with Gasteiger partial charge in [-0.15, -0.1) is 11.8 Å². The van der Waals surface area contributed by atoms with Crippen molar-refractivity contribution < 1.29 is 14.3 Å². The third-order valence-corrected chi connectivity index (χ3v) is 8.33. The second-order valence-electron chi connectivity index (χ2n) is 12.2. The Morgan fingerprint density at radius 3 is 2.29 bits per heavy atom. The summed E-state index contributed by atoms with van der Waals surface area (Å²) in [4.78, 5) is 16.3. The number of unbranched alkanes of at least 4 members (excludes halogenated alkanes) is 9. The van der Waals surface area contributed by atoms with E-state index in [9.17, 15) is 4.79 Å². The topological polar surface area (TPSA) is 50.8 Å². The van der Waals surface area contributed by atoms with Gasteiger partial charge in [-0.1, -0.05) is 104 Å². The number of amides is 1.